The van der Waals surface area contributed by atoms with Gasteiger partial charge in [-0.1, -0.05) is 45.7 Å². The van der Waals surface area contributed by atoms with Crippen molar-refractivity contribution in [1.29, 1.82) is 0 Å². The summed E-state index contributed by atoms with van der Waals surface area (Å²) in [7, 11) is 1.30. The fourth-order valence-electron chi connectivity index (χ4n) is 6.02. The average Bonchev–Trinajstić information content (AvgIpc) is 3.25. The second-order valence-electron chi connectivity index (χ2n) is 10.1. The van der Waals surface area contributed by atoms with Crippen LogP contribution in [0.3, 0.4) is 0 Å². The molecule has 2 amide bonds. The van der Waals surface area contributed by atoms with Crippen molar-refractivity contribution >= 4 is 51.0 Å². The highest BCUT2D eigenvalue weighted by molar-refractivity contribution is 9.10. The van der Waals surface area contributed by atoms with E-state index < -0.39 is 29.2 Å². The lowest BCUT2D eigenvalue weighted by Crippen LogP contribution is -2.56. The van der Waals surface area contributed by atoms with Crippen LogP contribution in [0.4, 0.5) is 10.1 Å². The first-order valence-corrected chi connectivity index (χ1v) is 14.2. The summed E-state index contributed by atoms with van der Waals surface area (Å²) in [6.07, 6.45) is -0.0462. The molecule has 42 heavy (non-hydrogen) atoms. The van der Waals surface area contributed by atoms with Crippen LogP contribution in [0.2, 0.25) is 5.02 Å². The van der Waals surface area contributed by atoms with Gasteiger partial charge in [-0.25, -0.2) is 9.18 Å². The van der Waals surface area contributed by atoms with Gasteiger partial charge in [0.1, 0.15) is 22.7 Å². The summed E-state index contributed by atoms with van der Waals surface area (Å²) in [6, 6.07) is 21.9. The molecule has 0 aromatic heterocycles. The molecule has 0 saturated carbocycles. The van der Waals surface area contributed by atoms with Crippen LogP contribution in [0.15, 0.2) is 89.4 Å². The van der Waals surface area contributed by atoms with E-state index in [1.54, 1.807) is 66.7 Å². The number of esters is 1. The highest BCUT2D eigenvalue weighted by Crippen LogP contribution is 2.59. The van der Waals surface area contributed by atoms with E-state index in [2.05, 4.69) is 26.6 Å². The molecule has 0 radical (unpaired) electrons. The third kappa shape index (κ3) is 4.72. The minimum absolute atomic E-state index is 0.0462. The van der Waals surface area contributed by atoms with Gasteiger partial charge in [-0.15, -0.1) is 0 Å². The van der Waals surface area contributed by atoms with Gasteiger partial charge in [-0.2, -0.15) is 0 Å². The van der Waals surface area contributed by atoms with Gasteiger partial charge in [0.25, 0.3) is 0 Å². The molecule has 0 unspecified atom stereocenters. The first-order valence-electron chi connectivity index (χ1n) is 13.0. The Kier molecular flexibility index (Phi) is 7.24. The zero-order valence-corrected chi connectivity index (χ0v) is 24.5. The van der Waals surface area contributed by atoms with Crippen molar-refractivity contribution in [2.75, 3.05) is 12.4 Å². The number of nitrogens with one attached hydrogen (secondary N) is 2. The number of fused-ring (bicyclic) bond motifs is 2. The number of halogens is 3. The summed E-state index contributed by atoms with van der Waals surface area (Å²) >= 11 is 9.84. The predicted octanol–water partition coefficient (Wildman–Crippen LogP) is 7.06. The smallest absolute Gasteiger partial charge is 0.337 e. The second-order valence-corrected chi connectivity index (χ2v) is 11.5. The number of methoxy groups -OCH3 is 1. The molecule has 3 atom stereocenters. The first-order chi connectivity index (χ1) is 20.2. The van der Waals surface area contributed by atoms with E-state index in [-0.39, 0.29) is 18.2 Å². The number of carbonyl (C=O) groups is 3. The Hall–Kier alpha value is -4.21. The number of ether oxygens (including phenoxy) is 2. The van der Waals surface area contributed by atoms with Crippen LogP contribution in [-0.4, -0.2) is 24.9 Å². The molecular formula is C32H23BrClFN2O5. The molecular weight excluding hydrogens is 627 g/mol. The third-order valence-electron chi connectivity index (χ3n) is 7.78. The Morgan fingerprint density at radius 2 is 1.81 bits per heavy atom. The first kappa shape index (κ1) is 27.9. The summed E-state index contributed by atoms with van der Waals surface area (Å²) in [6.45, 7) is 0. The van der Waals surface area contributed by atoms with E-state index in [0.29, 0.717) is 48.9 Å². The molecule has 1 fully saturated rings. The SMILES string of the molecule is COC(=O)c1ccc(Oc2ccc(Br)cc2[C@H]2CC(=O)N[C@@H](c3cccc(F)c3)[C@]23C(=O)Nc2cc(Cl)ccc23)cc1. The van der Waals surface area contributed by atoms with E-state index in [1.807, 2.05) is 6.07 Å². The highest BCUT2D eigenvalue weighted by atomic mass is 79.9. The van der Waals surface area contributed by atoms with Crippen LogP contribution < -0.4 is 15.4 Å². The fraction of sp³-hybridized carbons (Fsp3) is 0.156. The molecule has 1 spiro atoms. The summed E-state index contributed by atoms with van der Waals surface area (Å²) < 4.78 is 26.3. The maximum atomic E-state index is 14.5. The number of hydrogen-bond donors (Lipinski definition) is 2. The second kappa shape index (κ2) is 10.9. The monoisotopic (exact) mass is 648 g/mol. The standard InChI is InChI=1S/C32H23BrClFN2O5/c1-41-30(39)17-5-9-22(10-6-17)42-27-12-7-19(33)14-23(27)25-16-28(38)37-29(18-3-2-4-21(35)13-18)32(25)24-11-8-20(34)15-26(24)36-31(32)40/h2-15,25,29H,16H2,1H3,(H,36,40)(H,37,38)/t25-,29+,32-/m1/s1. The largest absolute Gasteiger partial charge is 0.465 e. The lowest BCUT2D eigenvalue weighted by atomic mass is 9.59. The van der Waals surface area contributed by atoms with Crippen LogP contribution in [0, 0.1) is 5.82 Å². The van der Waals surface area contributed by atoms with Crippen molar-refractivity contribution in [2.45, 2.75) is 23.8 Å². The van der Waals surface area contributed by atoms with E-state index in [0.717, 1.165) is 0 Å². The predicted molar refractivity (Wildman–Crippen MR) is 158 cm³/mol. The Labute approximate surface area is 254 Å². The molecule has 10 heteroatoms. The van der Waals surface area contributed by atoms with Crippen molar-refractivity contribution in [3.05, 3.63) is 122 Å². The van der Waals surface area contributed by atoms with Gasteiger partial charge in [0.2, 0.25) is 11.8 Å². The number of hydrogen-bond acceptors (Lipinski definition) is 5. The van der Waals surface area contributed by atoms with Crippen LogP contribution in [0.5, 0.6) is 11.5 Å². The van der Waals surface area contributed by atoms with E-state index in [4.69, 9.17) is 21.1 Å². The molecule has 0 aliphatic carbocycles. The van der Waals surface area contributed by atoms with E-state index in [1.165, 1.54) is 19.2 Å². The number of piperidine rings is 1. The van der Waals surface area contributed by atoms with Gasteiger partial charge in [-0.05, 0) is 77.9 Å². The van der Waals surface area contributed by atoms with Gasteiger partial charge in [-0.3, -0.25) is 9.59 Å². The van der Waals surface area contributed by atoms with Crippen molar-refractivity contribution in [3.8, 4) is 11.5 Å². The molecule has 212 valence electrons. The molecule has 0 bridgehead atoms. The lowest BCUT2D eigenvalue weighted by Gasteiger charge is -2.46. The van der Waals surface area contributed by atoms with Gasteiger partial charge in [0.05, 0.1) is 18.7 Å². The zero-order valence-electron chi connectivity index (χ0n) is 22.1. The number of amides is 2. The highest BCUT2D eigenvalue weighted by Gasteiger charge is 2.61. The maximum Gasteiger partial charge on any atom is 0.337 e. The number of rotatable bonds is 5. The number of benzene rings is 4. The summed E-state index contributed by atoms with van der Waals surface area (Å²) in [5.41, 5.74) is 1.17. The number of carbonyl (C=O) groups excluding carboxylic acids is 3. The Morgan fingerprint density at radius 1 is 1.02 bits per heavy atom. The van der Waals surface area contributed by atoms with Crippen LogP contribution >= 0.6 is 27.5 Å². The zero-order chi connectivity index (χ0) is 29.6. The topological polar surface area (TPSA) is 93.7 Å². The molecule has 2 heterocycles. The molecule has 6 rings (SSSR count). The van der Waals surface area contributed by atoms with Gasteiger partial charge in [0.15, 0.2) is 0 Å². The normalized spacial score (nSPS) is 21.0. The van der Waals surface area contributed by atoms with Gasteiger partial charge in [0, 0.05) is 33.1 Å². The molecule has 2 aliphatic heterocycles. The number of anilines is 1. The fourth-order valence-corrected chi connectivity index (χ4v) is 6.57. The Morgan fingerprint density at radius 3 is 2.55 bits per heavy atom. The minimum Gasteiger partial charge on any atom is -0.465 e. The van der Waals surface area contributed by atoms with Crippen molar-refractivity contribution in [1.82, 2.24) is 5.32 Å². The average molecular weight is 650 g/mol. The molecule has 7 nitrogen and oxygen atoms in total. The summed E-state index contributed by atoms with van der Waals surface area (Å²) in [4.78, 5) is 39.5. The summed E-state index contributed by atoms with van der Waals surface area (Å²) in [5, 5.41) is 6.39. The van der Waals surface area contributed by atoms with Crippen LogP contribution in [0.25, 0.3) is 0 Å². The maximum absolute atomic E-state index is 14.5. The summed E-state index contributed by atoms with van der Waals surface area (Å²) in [5.74, 6) is -1.51. The lowest BCUT2D eigenvalue weighted by molar-refractivity contribution is -0.131. The molecule has 4 aromatic rings. The van der Waals surface area contributed by atoms with Crippen LogP contribution in [-0.2, 0) is 19.7 Å². The quantitative estimate of drug-likeness (QED) is 0.226. The third-order valence-corrected chi connectivity index (χ3v) is 8.51. The van der Waals surface area contributed by atoms with E-state index in [9.17, 15) is 18.8 Å². The van der Waals surface area contributed by atoms with Crippen LogP contribution in [0.1, 0.15) is 45.4 Å². The molecule has 1 saturated heterocycles. The van der Waals surface area contributed by atoms with Gasteiger partial charge >= 0.3 is 5.97 Å². The van der Waals surface area contributed by atoms with Crippen molar-refractivity contribution in [2.24, 2.45) is 0 Å². The van der Waals surface area contributed by atoms with Gasteiger partial charge < -0.3 is 20.1 Å². The minimum atomic E-state index is -1.38. The van der Waals surface area contributed by atoms with Crippen molar-refractivity contribution < 1.29 is 28.2 Å². The molecule has 2 aliphatic rings. The molecule has 4 aromatic carbocycles. The Bertz CT molecular complexity index is 1750. The Balaban J connectivity index is 1.54. The van der Waals surface area contributed by atoms with E-state index >= 15 is 0 Å². The molecule has 2 N–H and O–H groups in total. The van der Waals surface area contributed by atoms with Crippen molar-refractivity contribution in [3.63, 3.8) is 0 Å².